The summed E-state index contributed by atoms with van der Waals surface area (Å²) < 4.78 is 44.0. The second-order valence-corrected chi connectivity index (χ2v) is 4.26. The fraction of sp³-hybridized carbons (Fsp3) is 0.0714. The lowest BCUT2D eigenvalue weighted by Gasteiger charge is -2.06. The van der Waals surface area contributed by atoms with E-state index in [-0.39, 0.29) is 17.0 Å². The minimum absolute atomic E-state index is 0.0126. The van der Waals surface area contributed by atoms with E-state index in [9.17, 15) is 28.1 Å². The van der Waals surface area contributed by atoms with Crippen molar-refractivity contribution < 1.29 is 27.6 Å². The number of hydrogen-bond donors (Lipinski definition) is 0. The summed E-state index contributed by atoms with van der Waals surface area (Å²) in [7, 11) is 0. The van der Waals surface area contributed by atoms with Crippen LogP contribution in [0.4, 0.5) is 18.9 Å². The van der Waals surface area contributed by atoms with Crippen LogP contribution in [0, 0.1) is 27.6 Å². The highest BCUT2D eigenvalue weighted by Gasteiger charge is 2.15. The predicted octanol–water partition coefficient (Wildman–Crippen LogP) is 3.16. The van der Waals surface area contributed by atoms with Gasteiger partial charge in [0.2, 0.25) is 0 Å². The lowest BCUT2D eigenvalue weighted by Crippen LogP contribution is -2.13. The zero-order valence-electron chi connectivity index (χ0n) is 10.9. The van der Waals surface area contributed by atoms with Gasteiger partial charge in [0, 0.05) is 23.8 Å². The number of ether oxygens (including phenoxy) is 1. The number of nitro benzene ring substituents is 1. The number of carbonyl (C=O) groups excluding carboxylic acids is 1. The third-order valence-electron chi connectivity index (χ3n) is 2.70. The number of carbonyl (C=O) groups is 1. The van der Waals surface area contributed by atoms with Gasteiger partial charge in [0.15, 0.2) is 11.6 Å². The van der Waals surface area contributed by atoms with Crippen molar-refractivity contribution in [1.82, 2.24) is 0 Å². The maximum Gasteiger partial charge on any atom is 0.315 e. The maximum atomic E-state index is 13.4. The van der Waals surface area contributed by atoms with E-state index in [2.05, 4.69) is 0 Å². The van der Waals surface area contributed by atoms with Crippen molar-refractivity contribution in [2.45, 2.75) is 6.42 Å². The summed E-state index contributed by atoms with van der Waals surface area (Å²) >= 11 is 0. The smallest absolute Gasteiger partial charge is 0.315 e. The highest BCUT2D eigenvalue weighted by atomic mass is 19.2. The second-order valence-electron chi connectivity index (χ2n) is 4.26. The zero-order valence-corrected chi connectivity index (χ0v) is 10.9. The van der Waals surface area contributed by atoms with Gasteiger partial charge in [-0.25, -0.2) is 13.2 Å². The van der Waals surface area contributed by atoms with Gasteiger partial charge >= 0.3 is 5.97 Å². The summed E-state index contributed by atoms with van der Waals surface area (Å²) in [4.78, 5) is 21.4. The average molecular weight is 311 g/mol. The van der Waals surface area contributed by atoms with Gasteiger partial charge in [0.05, 0.1) is 11.3 Å². The van der Waals surface area contributed by atoms with Crippen LogP contribution < -0.4 is 4.74 Å². The quantitative estimate of drug-likeness (QED) is 0.286. The lowest BCUT2D eigenvalue weighted by atomic mass is 10.1. The van der Waals surface area contributed by atoms with Gasteiger partial charge in [-0.2, -0.15) is 0 Å². The number of hydrogen-bond acceptors (Lipinski definition) is 4. The number of benzene rings is 2. The molecule has 114 valence electrons. The molecule has 0 atom stereocenters. The summed E-state index contributed by atoms with van der Waals surface area (Å²) in [5.41, 5.74) is -0.544. The Bertz CT molecular complexity index is 732. The Balaban J connectivity index is 2.07. The van der Waals surface area contributed by atoms with Crippen LogP contribution in [0.5, 0.6) is 5.75 Å². The molecule has 0 N–H and O–H groups in total. The molecule has 0 fully saturated rings. The molecule has 2 aromatic rings. The molecule has 0 bridgehead atoms. The number of nitro groups is 1. The lowest BCUT2D eigenvalue weighted by molar-refractivity contribution is -0.384. The first-order valence-corrected chi connectivity index (χ1v) is 5.95. The number of halogens is 3. The first-order valence-electron chi connectivity index (χ1n) is 5.95. The van der Waals surface area contributed by atoms with E-state index in [1.807, 2.05) is 0 Å². The van der Waals surface area contributed by atoms with Crippen LogP contribution in [-0.2, 0) is 11.2 Å². The molecule has 0 radical (unpaired) electrons. The third-order valence-corrected chi connectivity index (χ3v) is 2.70. The molecule has 2 aromatic carbocycles. The van der Waals surface area contributed by atoms with Gasteiger partial charge < -0.3 is 4.74 Å². The Kier molecular flexibility index (Phi) is 4.40. The van der Waals surface area contributed by atoms with Gasteiger partial charge in [0.1, 0.15) is 11.6 Å². The molecule has 5 nitrogen and oxygen atoms in total. The van der Waals surface area contributed by atoms with Crippen molar-refractivity contribution in [3.8, 4) is 5.75 Å². The topological polar surface area (TPSA) is 69.4 Å². The molecule has 0 aliphatic carbocycles. The third kappa shape index (κ3) is 3.60. The van der Waals surface area contributed by atoms with Crippen molar-refractivity contribution >= 4 is 11.7 Å². The number of non-ortho nitro benzene ring substituents is 1. The predicted molar refractivity (Wildman–Crippen MR) is 68.8 cm³/mol. The zero-order chi connectivity index (χ0) is 16.3. The standard InChI is InChI=1S/C14H8F3NO4/c15-11-7-13(17)12(16)5-8(11)6-14(19)22-10-3-1-9(2-4-10)18(20)21/h1-5,7H,6H2. The summed E-state index contributed by atoms with van der Waals surface area (Å²) in [5.74, 6) is -4.61. The first kappa shape index (κ1) is 15.5. The summed E-state index contributed by atoms with van der Waals surface area (Å²) in [6.45, 7) is 0. The molecule has 0 aromatic heterocycles. The second kappa shape index (κ2) is 6.25. The molecular weight excluding hydrogens is 303 g/mol. The fourth-order valence-electron chi connectivity index (χ4n) is 1.66. The van der Waals surface area contributed by atoms with Crippen molar-refractivity contribution in [3.05, 3.63) is 69.5 Å². The van der Waals surface area contributed by atoms with Crippen molar-refractivity contribution in [3.63, 3.8) is 0 Å². The molecule has 8 heteroatoms. The molecule has 0 aliphatic rings. The Morgan fingerprint density at radius 3 is 2.23 bits per heavy atom. The van der Waals surface area contributed by atoms with E-state index in [4.69, 9.17) is 4.74 Å². The van der Waals surface area contributed by atoms with Crippen LogP contribution >= 0.6 is 0 Å². The molecule has 0 spiro atoms. The molecule has 22 heavy (non-hydrogen) atoms. The maximum absolute atomic E-state index is 13.4. The normalized spacial score (nSPS) is 10.3. The summed E-state index contributed by atoms with van der Waals surface area (Å²) in [6, 6.07) is 5.54. The van der Waals surface area contributed by atoms with Crippen LogP contribution in [0.1, 0.15) is 5.56 Å². The van der Waals surface area contributed by atoms with E-state index in [1.54, 1.807) is 0 Å². The van der Waals surface area contributed by atoms with Crippen LogP contribution in [0.15, 0.2) is 36.4 Å². The Morgan fingerprint density at radius 2 is 1.64 bits per heavy atom. The Morgan fingerprint density at radius 1 is 1.05 bits per heavy atom. The highest BCUT2D eigenvalue weighted by Crippen LogP contribution is 2.19. The number of rotatable bonds is 4. The minimum atomic E-state index is -1.36. The monoisotopic (exact) mass is 311 g/mol. The molecule has 0 saturated heterocycles. The fourth-order valence-corrected chi connectivity index (χ4v) is 1.66. The molecule has 0 aliphatic heterocycles. The van der Waals surface area contributed by atoms with E-state index in [1.165, 1.54) is 12.1 Å². The van der Waals surface area contributed by atoms with E-state index in [0.29, 0.717) is 12.1 Å². The van der Waals surface area contributed by atoms with Gasteiger partial charge in [-0.3, -0.25) is 14.9 Å². The van der Waals surface area contributed by atoms with Gasteiger partial charge in [-0.05, 0) is 18.2 Å². The molecule has 2 rings (SSSR count). The summed E-state index contributed by atoms with van der Waals surface area (Å²) in [6.07, 6.45) is -0.611. The number of esters is 1. The van der Waals surface area contributed by atoms with Crippen molar-refractivity contribution in [2.75, 3.05) is 0 Å². The van der Waals surface area contributed by atoms with Gasteiger partial charge in [-0.1, -0.05) is 0 Å². The Hall–Kier alpha value is -2.90. The van der Waals surface area contributed by atoms with Gasteiger partial charge in [0.25, 0.3) is 5.69 Å². The van der Waals surface area contributed by atoms with Crippen molar-refractivity contribution in [1.29, 1.82) is 0 Å². The summed E-state index contributed by atoms with van der Waals surface area (Å²) in [5, 5.41) is 10.5. The van der Waals surface area contributed by atoms with Gasteiger partial charge in [-0.15, -0.1) is 0 Å². The van der Waals surface area contributed by atoms with E-state index >= 15 is 0 Å². The number of nitrogens with zero attached hydrogens (tertiary/aromatic N) is 1. The Labute approximate surface area is 122 Å². The molecule has 0 amide bonds. The molecular formula is C14H8F3NO4. The SMILES string of the molecule is O=C(Cc1cc(F)c(F)cc1F)Oc1ccc([N+](=O)[O-])cc1. The van der Waals surface area contributed by atoms with Crippen molar-refractivity contribution in [2.24, 2.45) is 0 Å². The minimum Gasteiger partial charge on any atom is -0.426 e. The van der Waals surface area contributed by atoms with Crippen LogP contribution in [-0.4, -0.2) is 10.9 Å². The van der Waals surface area contributed by atoms with E-state index < -0.39 is 34.8 Å². The first-order chi connectivity index (χ1) is 10.4. The largest absolute Gasteiger partial charge is 0.426 e. The van der Waals surface area contributed by atoms with Crippen LogP contribution in [0.25, 0.3) is 0 Å². The highest BCUT2D eigenvalue weighted by molar-refractivity contribution is 5.75. The van der Waals surface area contributed by atoms with Crippen LogP contribution in [0.2, 0.25) is 0 Å². The van der Waals surface area contributed by atoms with Crippen LogP contribution in [0.3, 0.4) is 0 Å². The average Bonchev–Trinajstić information content (AvgIpc) is 2.45. The van der Waals surface area contributed by atoms with E-state index in [0.717, 1.165) is 12.1 Å². The molecule has 0 unspecified atom stereocenters. The molecule has 0 saturated carbocycles. The molecule has 0 heterocycles.